The van der Waals surface area contributed by atoms with Gasteiger partial charge in [-0.2, -0.15) is 5.10 Å². The summed E-state index contributed by atoms with van der Waals surface area (Å²) in [5, 5.41) is 10.0. The van der Waals surface area contributed by atoms with Gasteiger partial charge >= 0.3 is 0 Å². The summed E-state index contributed by atoms with van der Waals surface area (Å²) in [5.41, 5.74) is 0. The number of furan rings is 1. The molecule has 8 heteroatoms. The predicted molar refractivity (Wildman–Crippen MR) is 88.4 cm³/mol. The maximum atomic E-state index is 11.7. The third-order valence-corrected chi connectivity index (χ3v) is 3.06. The van der Waals surface area contributed by atoms with E-state index in [9.17, 15) is 4.79 Å². The first-order valence-electron chi connectivity index (χ1n) is 7.36. The SMILES string of the molecule is O=C(C=Cc1ccco1)NCCNc1cc(-n2cccn2)ncn1. The van der Waals surface area contributed by atoms with Crippen molar-refractivity contribution >= 4 is 17.8 Å². The summed E-state index contributed by atoms with van der Waals surface area (Å²) in [7, 11) is 0. The van der Waals surface area contributed by atoms with Crippen molar-refractivity contribution in [1.82, 2.24) is 25.1 Å². The number of carbonyl (C=O) groups is 1. The van der Waals surface area contributed by atoms with E-state index in [0.717, 1.165) is 0 Å². The molecule has 2 N–H and O–H groups in total. The van der Waals surface area contributed by atoms with Gasteiger partial charge in [0.2, 0.25) is 5.91 Å². The van der Waals surface area contributed by atoms with Crippen LogP contribution in [0.5, 0.6) is 0 Å². The van der Waals surface area contributed by atoms with E-state index >= 15 is 0 Å². The normalized spacial score (nSPS) is 10.8. The van der Waals surface area contributed by atoms with Crippen LogP contribution in [0.15, 0.2) is 59.7 Å². The molecule has 0 bridgehead atoms. The quantitative estimate of drug-likeness (QED) is 0.505. The molecule has 3 aromatic heterocycles. The third-order valence-electron chi connectivity index (χ3n) is 3.06. The highest BCUT2D eigenvalue weighted by Gasteiger charge is 2.01. The predicted octanol–water partition coefficient (Wildman–Crippen LogP) is 1.50. The van der Waals surface area contributed by atoms with Crippen LogP contribution in [-0.4, -0.2) is 38.7 Å². The Morgan fingerprint density at radius 3 is 3.04 bits per heavy atom. The van der Waals surface area contributed by atoms with Crippen LogP contribution in [0.3, 0.4) is 0 Å². The van der Waals surface area contributed by atoms with E-state index in [1.165, 1.54) is 12.4 Å². The van der Waals surface area contributed by atoms with Gasteiger partial charge in [-0.15, -0.1) is 0 Å². The van der Waals surface area contributed by atoms with Crippen LogP contribution in [0.2, 0.25) is 0 Å². The smallest absolute Gasteiger partial charge is 0.244 e. The number of aromatic nitrogens is 4. The molecule has 3 heterocycles. The molecule has 0 aromatic carbocycles. The molecular weight excluding hydrogens is 308 g/mol. The fourth-order valence-corrected chi connectivity index (χ4v) is 1.95. The van der Waals surface area contributed by atoms with Crippen molar-refractivity contribution < 1.29 is 9.21 Å². The average Bonchev–Trinajstić information content (AvgIpc) is 3.31. The van der Waals surface area contributed by atoms with Crippen molar-refractivity contribution in [3.05, 3.63) is 61.1 Å². The number of hydrogen-bond acceptors (Lipinski definition) is 6. The minimum atomic E-state index is -0.187. The number of rotatable bonds is 7. The highest BCUT2D eigenvalue weighted by molar-refractivity contribution is 5.91. The molecule has 24 heavy (non-hydrogen) atoms. The summed E-state index contributed by atoms with van der Waals surface area (Å²) >= 11 is 0. The fourth-order valence-electron chi connectivity index (χ4n) is 1.95. The van der Waals surface area contributed by atoms with Crippen LogP contribution in [0.4, 0.5) is 5.82 Å². The van der Waals surface area contributed by atoms with Crippen LogP contribution in [0.1, 0.15) is 5.76 Å². The first-order chi connectivity index (χ1) is 11.8. The minimum Gasteiger partial charge on any atom is -0.465 e. The van der Waals surface area contributed by atoms with Crippen LogP contribution in [0.25, 0.3) is 11.9 Å². The van der Waals surface area contributed by atoms with E-state index in [0.29, 0.717) is 30.5 Å². The van der Waals surface area contributed by atoms with Crippen LogP contribution >= 0.6 is 0 Å². The number of nitrogens with one attached hydrogen (secondary N) is 2. The molecule has 0 fully saturated rings. The second-order valence-corrected chi connectivity index (χ2v) is 4.78. The summed E-state index contributed by atoms with van der Waals surface area (Å²) in [5.74, 6) is 1.78. The molecular formula is C16H16N6O2. The molecule has 1 amide bonds. The molecule has 0 aliphatic heterocycles. The third kappa shape index (κ3) is 4.29. The Hall–Kier alpha value is -3.42. The van der Waals surface area contributed by atoms with Crippen molar-refractivity contribution in [2.24, 2.45) is 0 Å². The lowest BCUT2D eigenvalue weighted by Crippen LogP contribution is -2.27. The highest BCUT2D eigenvalue weighted by Crippen LogP contribution is 2.07. The van der Waals surface area contributed by atoms with Crippen molar-refractivity contribution in [2.45, 2.75) is 0 Å². The zero-order valence-corrected chi connectivity index (χ0v) is 12.8. The Bertz CT molecular complexity index is 796. The number of hydrogen-bond donors (Lipinski definition) is 2. The molecule has 3 rings (SSSR count). The summed E-state index contributed by atoms with van der Waals surface area (Å²) in [6, 6.07) is 7.14. The first kappa shape index (κ1) is 15.5. The van der Waals surface area contributed by atoms with E-state index in [-0.39, 0.29) is 5.91 Å². The topological polar surface area (TPSA) is 97.9 Å². The second-order valence-electron chi connectivity index (χ2n) is 4.78. The summed E-state index contributed by atoms with van der Waals surface area (Å²) in [6.45, 7) is 0.998. The Morgan fingerprint density at radius 1 is 1.29 bits per heavy atom. The zero-order valence-electron chi connectivity index (χ0n) is 12.8. The van der Waals surface area contributed by atoms with Gasteiger partial charge in [0.15, 0.2) is 5.82 Å². The van der Waals surface area contributed by atoms with E-state index in [4.69, 9.17) is 4.42 Å². The molecule has 122 valence electrons. The Morgan fingerprint density at radius 2 is 2.25 bits per heavy atom. The lowest BCUT2D eigenvalue weighted by atomic mass is 10.4. The highest BCUT2D eigenvalue weighted by atomic mass is 16.3. The van der Waals surface area contributed by atoms with Gasteiger partial charge in [0, 0.05) is 37.6 Å². The number of anilines is 1. The van der Waals surface area contributed by atoms with E-state index in [2.05, 4.69) is 25.7 Å². The molecule has 0 spiro atoms. The Kier molecular flexibility index (Phi) is 4.98. The average molecular weight is 324 g/mol. The molecule has 8 nitrogen and oxygen atoms in total. The Balaban J connectivity index is 1.43. The summed E-state index contributed by atoms with van der Waals surface area (Å²) < 4.78 is 6.76. The van der Waals surface area contributed by atoms with E-state index in [1.54, 1.807) is 47.6 Å². The lowest BCUT2D eigenvalue weighted by molar-refractivity contribution is -0.116. The van der Waals surface area contributed by atoms with Gasteiger partial charge in [-0.25, -0.2) is 14.6 Å². The zero-order chi connectivity index (χ0) is 16.6. The summed E-state index contributed by atoms with van der Waals surface area (Å²) in [6.07, 6.45) is 9.55. The van der Waals surface area contributed by atoms with Gasteiger partial charge in [-0.3, -0.25) is 4.79 Å². The van der Waals surface area contributed by atoms with Crippen LogP contribution in [0, 0.1) is 0 Å². The van der Waals surface area contributed by atoms with Gasteiger partial charge < -0.3 is 15.1 Å². The van der Waals surface area contributed by atoms with E-state index < -0.39 is 0 Å². The van der Waals surface area contributed by atoms with E-state index in [1.807, 2.05) is 6.07 Å². The molecule has 0 aliphatic carbocycles. The fraction of sp³-hybridized carbons (Fsp3) is 0.125. The molecule has 0 unspecified atom stereocenters. The lowest BCUT2D eigenvalue weighted by Gasteiger charge is -2.07. The first-order valence-corrected chi connectivity index (χ1v) is 7.36. The van der Waals surface area contributed by atoms with Gasteiger partial charge in [0.1, 0.15) is 17.9 Å². The van der Waals surface area contributed by atoms with Crippen molar-refractivity contribution in [1.29, 1.82) is 0 Å². The standard InChI is InChI=1S/C16H16N6O2/c23-16(5-4-13-3-1-10-24-13)18-8-7-17-14-11-15(20-12-19-14)22-9-2-6-21-22/h1-6,9-12H,7-8H2,(H,18,23)(H,17,19,20). The molecule has 0 saturated carbocycles. The van der Waals surface area contributed by atoms with Crippen molar-refractivity contribution in [3.8, 4) is 5.82 Å². The monoisotopic (exact) mass is 324 g/mol. The van der Waals surface area contributed by atoms with Gasteiger partial charge in [0.05, 0.1) is 6.26 Å². The van der Waals surface area contributed by atoms with Gasteiger partial charge in [0.25, 0.3) is 0 Å². The van der Waals surface area contributed by atoms with Crippen LogP contribution in [-0.2, 0) is 4.79 Å². The van der Waals surface area contributed by atoms with Crippen molar-refractivity contribution in [3.63, 3.8) is 0 Å². The number of nitrogens with zero attached hydrogens (tertiary/aromatic N) is 4. The second kappa shape index (κ2) is 7.73. The van der Waals surface area contributed by atoms with Gasteiger partial charge in [-0.05, 0) is 24.3 Å². The molecule has 0 saturated heterocycles. The Labute approximate surface area is 138 Å². The number of amides is 1. The molecule has 0 aliphatic rings. The maximum absolute atomic E-state index is 11.7. The number of carbonyl (C=O) groups excluding carboxylic acids is 1. The molecule has 0 radical (unpaired) electrons. The molecule has 0 atom stereocenters. The summed E-state index contributed by atoms with van der Waals surface area (Å²) in [4.78, 5) is 19.9. The van der Waals surface area contributed by atoms with Crippen molar-refractivity contribution in [2.75, 3.05) is 18.4 Å². The molecule has 3 aromatic rings. The maximum Gasteiger partial charge on any atom is 0.244 e. The van der Waals surface area contributed by atoms with Crippen LogP contribution < -0.4 is 10.6 Å². The largest absolute Gasteiger partial charge is 0.465 e. The minimum absolute atomic E-state index is 0.187. The van der Waals surface area contributed by atoms with Gasteiger partial charge in [-0.1, -0.05) is 0 Å².